The number of benzene rings is 1. The highest BCUT2D eigenvalue weighted by Gasteiger charge is 2.21. The molecule has 1 saturated heterocycles. The fourth-order valence-electron chi connectivity index (χ4n) is 2.52. The Labute approximate surface area is 108 Å². The van der Waals surface area contributed by atoms with Crippen molar-refractivity contribution in [3.8, 4) is 0 Å². The minimum absolute atomic E-state index is 0.193. The quantitative estimate of drug-likeness (QED) is 0.889. The summed E-state index contributed by atoms with van der Waals surface area (Å²) in [4.78, 5) is 4.68. The SMILES string of the molecule is CC(C)N1CCN(c2cccc(F)c2CN)CC1. The van der Waals surface area contributed by atoms with E-state index in [1.807, 2.05) is 6.07 Å². The van der Waals surface area contributed by atoms with Gasteiger partial charge in [-0.05, 0) is 26.0 Å². The summed E-state index contributed by atoms with van der Waals surface area (Å²) >= 11 is 0. The molecular weight excluding hydrogens is 229 g/mol. The molecule has 3 nitrogen and oxygen atoms in total. The lowest BCUT2D eigenvalue weighted by Gasteiger charge is -2.38. The molecule has 0 radical (unpaired) electrons. The lowest BCUT2D eigenvalue weighted by atomic mass is 10.1. The Bertz CT molecular complexity index is 398. The highest BCUT2D eigenvalue weighted by atomic mass is 19.1. The van der Waals surface area contributed by atoms with E-state index in [4.69, 9.17) is 5.73 Å². The molecule has 4 heteroatoms. The Morgan fingerprint density at radius 3 is 2.44 bits per heavy atom. The summed E-state index contributed by atoms with van der Waals surface area (Å²) in [6, 6.07) is 5.79. The van der Waals surface area contributed by atoms with Crippen LogP contribution in [0.5, 0.6) is 0 Å². The molecule has 0 bridgehead atoms. The number of anilines is 1. The molecule has 18 heavy (non-hydrogen) atoms. The summed E-state index contributed by atoms with van der Waals surface area (Å²) in [6.45, 7) is 8.61. The van der Waals surface area contributed by atoms with Crippen LogP contribution in [0.3, 0.4) is 0 Å². The second kappa shape index (κ2) is 5.67. The second-order valence-electron chi connectivity index (χ2n) is 5.06. The van der Waals surface area contributed by atoms with Gasteiger partial charge in [-0.15, -0.1) is 0 Å². The Morgan fingerprint density at radius 1 is 1.22 bits per heavy atom. The van der Waals surface area contributed by atoms with Crippen LogP contribution in [0.2, 0.25) is 0 Å². The summed E-state index contributed by atoms with van der Waals surface area (Å²) in [7, 11) is 0. The van der Waals surface area contributed by atoms with Crippen molar-refractivity contribution in [2.45, 2.75) is 26.4 Å². The van der Waals surface area contributed by atoms with Crippen molar-refractivity contribution >= 4 is 5.69 Å². The van der Waals surface area contributed by atoms with Gasteiger partial charge in [0.2, 0.25) is 0 Å². The smallest absolute Gasteiger partial charge is 0.129 e. The summed E-state index contributed by atoms with van der Waals surface area (Å²) in [6.07, 6.45) is 0. The number of hydrogen-bond donors (Lipinski definition) is 1. The molecule has 1 aromatic carbocycles. The van der Waals surface area contributed by atoms with E-state index in [9.17, 15) is 4.39 Å². The van der Waals surface area contributed by atoms with E-state index in [0.717, 1.165) is 31.9 Å². The molecule has 1 heterocycles. The van der Waals surface area contributed by atoms with Gasteiger partial charge < -0.3 is 10.6 Å². The lowest BCUT2D eigenvalue weighted by Crippen LogP contribution is -2.49. The zero-order chi connectivity index (χ0) is 13.1. The van der Waals surface area contributed by atoms with E-state index < -0.39 is 0 Å². The maximum atomic E-state index is 13.7. The molecule has 0 aromatic heterocycles. The molecule has 100 valence electrons. The zero-order valence-electron chi connectivity index (χ0n) is 11.2. The molecule has 2 rings (SSSR count). The number of halogens is 1. The minimum Gasteiger partial charge on any atom is -0.369 e. The summed E-state index contributed by atoms with van der Waals surface area (Å²) in [5.41, 5.74) is 7.25. The molecular formula is C14H22FN3. The molecule has 0 atom stereocenters. The Balaban J connectivity index is 2.12. The summed E-state index contributed by atoms with van der Waals surface area (Å²) < 4.78 is 13.7. The first-order valence-electron chi connectivity index (χ1n) is 6.60. The molecule has 1 aliphatic heterocycles. The molecule has 0 amide bonds. The molecule has 0 aliphatic carbocycles. The largest absolute Gasteiger partial charge is 0.369 e. The maximum absolute atomic E-state index is 13.7. The second-order valence-corrected chi connectivity index (χ2v) is 5.06. The number of hydrogen-bond acceptors (Lipinski definition) is 3. The van der Waals surface area contributed by atoms with Gasteiger partial charge in [0.25, 0.3) is 0 Å². The van der Waals surface area contributed by atoms with Crippen LogP contribution in [0.1, 0.15) is 19.4 Å². The van der Waals surface area contributed by atoms with Crippen LogP contribution >= 0.6 is 0 Å². The summed E-state index contributed by atoms with van der Waals surface area (Å²) in [5, 5.41) is 0. The van der Waals surface area contributed by atoms with Crippen molar-refractivity contribution in [3.05, 3.63) is 29.6 Å². The van der Waals surface area contributed by atoms with E-state index in [2.05, 4.69) is 23.6 Å². The van der Waals surface area contributed by atoms with Crippen LogP contribution < -0.4 is 10.6 Å². The molecule has 2 N–H and O–H groups in total. The molecule has 1 aromatic rings. The van der Waals surface area contributed by atoms with Crippen LogP contribution in [-0.4, -0.2) is 37.1 Å². The molecule has 1 aliphatic rings. The van der Waals surface area contributed by atoms with Gasteiger partial charge in [-0.2, -0.15) is 0 Å². The van der Waals surface area contributed by atoms with Gasteiger partial charge in [-0.25, -0.2) is 4.39 Å². The first kappa shape index (κ1) is 13.3. The van der Waals surface area contributed by atoms with Crippen molar-refractivity contribution in [1.82, 2.24) is 4.90 Å². The first-order chi connectivity index (χ1) is 8.63. The molecule has 0 saturated carbocycles. The predicted molar refractivity (Wildman–Crippen MR) is 73.2 cm³/mol. The predicted octanol–water partition coefficient (Wildman–Crippen LogP) is 1.81. The van der Waals surface area contributed by atoms with Crippen LogP contribution in [0, 0.1) is 5.82 Å². The van der Waals surface area contributed by atoms with Crippen LogP contribution in [0.25, 0.3) is 0 Å². The van der Waals surface area contributed by atoms with Gasteiger partial charge in [0, 0.05) is 50.0 Å². The topological polar surface area (TPSA) is 32.5 Å². The van der Waals surface area contributed by atoms with E-state index in [1.165, 1.54) is 6.07 Å². The fourth-order valence-corrected chi connectivity index (χ4v) is 2.52. The third kappa shape index (κ3) is 2.65. The highest BCUT2D eigenvalue weighted by Crippen LogP contribution is 2.24. The van der Waals surface area contributed by atoms with E-state index in [1.54, 1.807) is 6.07 Å². The standard InChI is InChI=1S/C14H22FN3/c1-11(2)17-6-8-18(9-7-17)14-5-3-4-13(15)12(14)10-16/h3-5,11H,6-10,16H2,1-2H3. The van der Waals surface area contributed by atoms with Crippen LogP contribution in [0.15, 0.2) is 18.2 Å². The van der Waals surface area contributed by atoms with Gasteiger partial charge >= 0.3 is 0 Å². The van der Waals surface area contributed by atoms with Gasteiger partial charge in [0.1, 0.15) is 5.82 Å². The van der Waals surface area contributed by atoms with Gasteiger partial charge in [-0.1, -0.05) is 6.07 Å². The van der Waals surface area contributed by atoms with Crippen molar-refractivity contribution in [2.75, 3.05) is 31.1 Å². The summed E-state index contributed by atoms with van der Waals surface area (Å²) in [5.74, 6) is -0.193. The van der Waals surface area contributed by atoms with Crippen LogP contribution in [0.4, 0.5) is 10.1 Å². The van der Waals surface area contributed by atoms with E-state index in [-0.39, 0.29) is 12.4 Å². The minimum atomic E-state index is -0.193. The third-order valence-electron chi connectivity index (χ3n) is 3.68. The zero-order valence-corrected chi connectivity index (χ0v) is 11.2. The normalized spacial score (nSPS) is 17.5. The van der Waals surface area contributed by atoms with Crippen molar-refractivity contribution in [1.29, 1.82) is 0 Å². The number of nitrogens with zero attached hydrogens (tertiary/aromatic N) is 2. The van der Waals surface area contributed by atoms with Crippen molar-refractivity contribution in [2.24, 2.45) is 5.73 Å². The van der Waals surface area contributed by atoms with Gasteiger partial charge in [-0.3, -0.25) is 4.90 Å². The van der Waals surface area contributed by atoms with Gasteiger partial charge in [0.15, 0.2) is 0 Å². The average Bonchev–Trinajstić information content (AvgIpc) is 2.38. The average molecular weight is 251 g/mol. The van der Waals surface area contributed by atoms with E-state index >= 15 is 0 Å². The Morgan fingerprint density at radius 2 is 1.89 bits per heavy atom. The number of nitrogens with two attached hydrogens (primary N) is 1. The maximum Gasteiger partial charge on any atom is 0.129 e. The van der Waals surface area contributed by atoms with E-state index in [0.29, 0.717) is 11.6 Å². The molecule has 0 spiro atoms. The van der Waals surface area contributed by atoms with Crippen molar-refractivity contribution in [3.63, 3.8) is 0 Å². The third-order valence-corrected chi connectivity index (χ3v) is 3.68. The molecule has 1 fully saturated rings. The fraction of sp³-hybridized carbons (Fsp3) is 0.571. The molecule has 0 unspecified atom stereocenters. The van der Waals surface area contributed by atoms with Crippen LogP contribution in [-0.2, 0) is 6.54 Å². The van der Waals surface area contributed by atoms with Crippen molar-refractivity contribution < 1.29 is 4.39 Å². The number of piperazine rings is 1. The lowest BCUT2D eigenvalue weighted by molar-refractivity contribution is 0.209. The Hall–Kier alpha value is -1.13. The highest BCUT2D eigenvalue weighted by molar-refractivity contribution is 5.54. The first-order valence-corrected chi connectivity index (χ1v) is 6.60. The monoisotopic (exact) mass is 251 g/mol. The number of rotatable bonds is 3. The Kier molecular flexibility index (Phi) is 4.19. The van der Waals surface area contributed by atoms with Gasteiger partial charge in [0.05, 0.1) is 0 Å².